The Bertz CT molecular complexity index is 972. The molecule has 0 bridgehead atoms. The summed E-state index contributed by atoms with van der Waals surface area (Å²) >= 11 is 5.88. The van der Waals surface area contributed by atoms with E-state index in [9.17, 15) is 14.0 Å². The lowest BCUT2D eigenvalue weighted by molar-refractivity contribution is -0.146. The van der Waals surface area contributed by atoms with E-state index in [1.165, 1.54) is 12.1 Å². The minimum absolute atomic E-state index is 0.0262. The number of rotatable bonds is 4. The number of hydrogen-bond donors (Lipinski definition) is 0. The number of halogens is 2. The average Bonchev–Trinajstić information content (AvgIpc) is 3.25. The zero-order chi connectivity index (χ0) is 21.1. The first-order chi connectivity index (χ1) is 14.5. The predicted octanol–water partition coefficient (Wildman–Crippen LogP) is 2.89. The summed E-state index contributed by atoms with van der Waals surface area (Å²) in [4.78, 5) is 34.1. The van der Waals surface area contributed by atoms with Gasteiger partial charge in [-0.05, 0) is 29.8 Å². The minimum Gasteiger partial charge on any atom is -0.382 e. The van der Waals surface area contributed by atoms with Crippen molar-refractivity contribution in [3.05, 3.63) is 70.5 Å². The second-order valence-electron chi connectivity index (χ2n) is 7.36. The average molecular weight is 430 g/mol. The molecular weight excluding hydrogens is 409 g/mol. The molecule has 0 aliphatic carbocycles. The summed E-state index contributed by atoms with van der Waals surface area (Å²) in [6.45, 7) is 1.84. The number of carbonyl (C=O) groups is 2. The van der Waals surface area contributed by atoms with E-state index in [0.717, 1.165) is 5.56 Å². The Morgan fingerprint density at radius 3 is 2.47 bits per heavy atom. The van der Waals surface area contributed by atoms with Gasteiger partial charge in [0.1, 0.15) is 5.82 Å². The lowest BCUT2D eigenvalue weighted by atomic mass is 10.0. The zero-order valence-electron chi connectivity index (χ0n) is 16.3. The maximum atomic E-state index is 13.4. The van der Waals surface area contributed by atoms with Gasteiger partial charge in [0.2, 0.25) is 12.0 Å². The topological polar surface area (TPSA) is 62.2 Å². The quantitative estimate of drug-likeness (QED) is 0.750. The molecule has 0 saturated carbocycles. The van der Waals surface area contributed by atoms with E-state index in [4.69, 9.17) is 16.4 Å². The molecule has 2 aliphatic heterocycles. The molecule has 6 nitrogen and oxygen atoms in total. The molecule has 1 atom stereocenters. The Labute approximate surface area is 178 Å². The molecule has 2 aromatic rings. The first kappa shape index (κ1) is 20.3. The van der Waals surface area contributed by atoms with E-state index >= 15 is 0 Å². The molecule has 156 valence electrons. The third-order valence-corrected chi connectivity index (χ3v) is 5.57. The van der Waals surface area contributed by atoms with Crippen LogP contribution in [0, 0.1) is 5.82 Å². The summed E-state index contributed by atoms with van der Waals surface area (Å²) in [5, 5.41) is 4.61. The van der Waals surface area contributed by atoms with Crippen molar-refractivity contribution >= 4 is 29.1 Å². The molecule has 8 heteroatoms. The molecule has 4 rings (SSSR count). The van der Waals surface area contributed by atoms with Crippen LogP contribution >= 0.6 is 11.6 Å². The van der Waals surface area contributed by atoms with Gasteiger partial charge >= 0.3 is 0 Å². The molecule has 0 N–H and O–H groups in total. The van der Waals surface area contributed by atoms with Crippen molar-refractivity contribution in [3.63, 3.8) is 0 Å². The maximum absolute atomic E-state index is 13.4. The van der Waals surface area contributed by atoms with Crippen molar-refractivity contribution < 1.29 is 18.8 Å². The molecule has 1 unspecified atom stereocenters. The van der Waals surface area contributed by atoms with Gasteiger partial charge < -0.3 is 14.6 Å². The van der Waals surface area contributed by atoms with E-state index in [1.807, 2.05) is 12.1 Å². The van der Waals surface area contributed by atoms with Crippen LogP contribution in [0.4, 0.5) is 4.39 Å². The highest BCUT2D eigenvalue weighted by Gasteiger charge is 2.34. The highest BCUT2D eigenvalue weighted by molar-refractivity contribution is 6.30. The lowest BCUT2D eigenvalue weighted by Crippen LogP contribution is -2.53. The minimum atomic E-state index is -0.709. The fourth-order valence-corrected chi connectivity index (χ4v) is 3.74. The standard InChI is InChI=1S/C22H21ClFN3O3/c23-17-6-4-15(5-7-17)12-21(28)26-8-10-27(11-9-26)22(29)20-14-19(25-30-20)16-2-1-3-18(24)13-16/h1-7,13,20H,8-12,14H2. The predicted molar refractivity (Wildman–Crippen MR) is 111 cm³/mol. The molecule has 1 fully saturated rings. The van der Waals surface area contributed by atoms with Crippen molar-refractivity contribution in [1.29, 1.82) is 0 Å². The van der Waals surface area contributed by atoms with Crippen LogP contribution in [0.1, 0.15) is 17.5 Å². The fraction of sp³-hybridized carbons (Fsp3) is 0.318. The van der Waals surface area contributed by atoms with Gasteiger partial charge in [0.05, 0.1) is 12.1 Å². The van der Waals surface area contributed by atoms with E-state index in [-0.39, 0.29) is 17.6 Å². The van der Waals surface area contributed by atoms with Crippen molar-refractivity contribution in [1.82, 2.24) is 9.80 Å². The largest absolute Gasteiger partial charge is 0.382 e. The summed E-state index contributed by atoms with van der Waals surface area (Å²) in [6.07, 6.45) is -0.0979. The van der Waals surface area contributed by atoms with Gasteiger partial charge in [-0.1, -0.05) is 41.0 Å². The highest BCUT2D eigenvalue weighted by Crippen LogP contribution is 2.20. The molecule has 0 aromatic heterocycles. The molecule has 1 saturated heterocycles. The van der Waals surface area contributed by atoms with Gasteiger partial charge in [0, 0.05) is 43.2 Å². The van der Waals surface area contributed by atoms with Crippen LogP contribution in [0.3, 0.4) is 0 Å². The van der Waals surface area contributed by atoms with Crippen molar-refractivity contribution in [2.24, 2.45) is 5.16 Å². The van der Waals surface area contributed by atoms with Gasteiger partial charge in [-0.2, -0.15) is 0 Å². The van der Waals surface area contributed by atoms with Crippen LogP contribution in [0.2, 0.25) is 5.02 Å². The van der Waals surface area contributed by atoms with Crippen molar-refractivity contribution in [2.45, 2.75) is 18.9 Å². The first-order valence-electron chi connectivity index (χ1n) is 9.79. The number of nitrogens with zero attached hydrogens (tertiary/aromatic N) is 3. The summed E-state index contributed by atoms with van der Waals surface area (Å²) in [5.41, 5.74) is 2.08. The SMILES string of the molecule is O=C(Cc1ccc(Cl)cc1)N1CCN(C(=O)C2CC(c3cccc(F)c3)=NO2)CC1. The summed E-state index contributed by atoms with van der Waals surface area (Å²) < 4.78 is 13.4. The zero-order valence-corrected chi connectivity index (χ0v) is 17.0. The molecule has 2 aromatic carbocycles. The second-order valence-corrected chi connectivity index (χ2v) is 7.79. The monoisotopic (exact) mass is 429 g/mol. The number of oxime groups is 1. The second kappa shape index (κ2) is 8.83. The molecule has 2 amide bonds. The smallest absolute Gasteiger partial charge is 0.267 e. The molecule has 0 spiro atoms. The molecular formula is C22H21ClFN3O3. The van der Waals surface area contributed by atoms with Gasteiger partial charge in [-0.25, -0.2) is 4.39 Å². The third-order valence-electron chi connectivity index (χ3n) is 5.31. The van der Waals surface area contributed by atoms with E-state index in [1.54, 1.807) is 34.1 Å². The fourth-order valence-electron chi connectivity index (χ4n) is 3.62. The van der Waals surface area contributed by atoms with Crippen LogP contribution in [-0.2, 0) is 20.8 Å². The van der Waals surface area contributed by atoms with E-state index in [0.29, 0.717) is 55.3 Å². The maximum Gasteiger partial charge on any atom is 0.267 e. The number of benzene rings is 2. The van der Waals surface area contributed by atoms with Gasteiger partial charge in [-0.15, -0.1) is 0 Å². The van der Waals surface area contributed by atoms with Gasteiger partial charge in [-0.3, -0.25) is 9.59 Å². The first-order valence-corrected chi connectivity index (χ1v) is 10.2. The summed E-state index contributed by atoms with van der Waals surface area (Å²) in [6, 6.07) is 13.3. The number of carbonyl (C=O) groups excluding carboxylic acids is 2. The van der Waals surface area contributed by atoms with Crippen LogP contribution in [0.15, 0.2) is 53.7 Å². The van der Waals surface area contributed by atoms with Crippen molar-refractivity contribution in [2.75, 3.05) is 26.2 Å². The normalized spacial score (nSPS) is 18.7. The van der Waals surface area contributed by atoms with Crippen LogP contribution < -0.4 is 0 Å². The summed E-state index contributed by atoms with van der Waals surface area (Å²) in [5.74, 6) is -0.488. The van der Waals surface area contributed by atoms with Crippen LogP contribution in [0.25, 0.3) is 0 Å². The number of amides is 2. The Morgan fingerprint density at radius 1 is 1.07 bits per heavy atom. The Morgan fingerprint density at radius 2 is 1.77 bits per heavy atom. The van der Waals surface area contributed by atoms with Gasteiger partial charge in [0.25, 0.3) is 5.91 Å². The molecule has 2 aliphatic rings. The molecule has 2 heterocycles. The molecule has 30 heavy (non-hydrogen) atoms. The Balaban J connectivity index is 1.27. The third kappa shape index (κ3) is 4.62. The number of piperazine rings is 1. The highest BCUT2D eigenvalue weighted by atomic mass is 35.5. The van der Waals surface area contributed by atoms with Crippen molar-refractivity contribution in [3.8, 4) is 0 Å². The Kier molecular flexibility index (Phi) is 5.99. The van der Waals surface area contributed by atoms with Crippen LogP contribution in [-0.4, -0.2) is 59.6 Å². The van der Waals surface area contributed by atoms with Crippen LogP contribution in [0.5, 0.6) is 0 Å². The van der Waals surface area contributed by atoms with Gasteiger partial charge in [0.15, 0.2) is 0 Å². The van der Waals surface area contributed by atoms with E-state index in [2.05, 4.69) is 5.16 Å². The lowest BCUT2D eigenvalue weighted by Gasteiger charge is -2.35. The molecule has 0 radical (unpaired) electrons. The van der Waals surface area contributed by atoms with E-state index < -0.39 is 6.10 Å². The summed E-state index contributed by atoms with van der Waals surface area (Å²) in [7, 11) is 0. The number of hydrogen-bond acceptors (Lipinski definition) is 4. The Hall–Kier alpha value is -2.93.